The topological polar surface area (TPSA) is 37.3 Å². The number of carbonyl (C=O) groups is 1. The number of aryl methyl sites for hydroxylation is 2. The summed E-state index contributed by atoms with van der Waals surface area (Å²) in [6.07, 6.45) is -4.81. The summed E-state index contributed by atoms with van der Waals surface area (Å²) >= 11 is 11.9. The minimum atomic E-state index is -4.81. The van der Waals surface area contributed by atoms with Crippen molar-refractivity contribution in [3.63, 3.8) is 0 Å². The van der Waals surface area contributed by atoms with E-state index in [4.69, 9.17) is 23.2 Å². The van der Waals surface area contributed by atoms with Crippen LogP contribution in [0.4, 0.5) is 13.2 Å². The lowest BCUT2D eigenvalue weighted by Crippen LogP contribution is -2.41. The second-order valence-electron chi connectivity index (χ2n) is 8.92. The Balaban J connectivity index is 0.000000152. The quantitative estimate of drug-likeness (QED) is 0.220. The van der Waals surface area contributed by atoms with Crippen LogP contribution in [0.15, 0.2) is 72.8 Å². The van der Waals surface area contributed by atoms with Gasteiger partial charge in [-0.05, 0) is 71.5 Å². The summed E-state index contributed by atoms with van der Waals surface area (Å²) in [6.45, 7) is 3.67. The minimum Gasteiger partial charge on any atom is -0.372 e. The van der Waals surface area contributed by atoms with Crippen molar-refractivity contribution >= 4 is 29.0 Å². The van der Waals surface area contributed by atoms with Crippen molar-refractivity contribution < 1.29 is 23.1 Å². The summed E-state index contributed by atoms with van der Waals surface area (Å²) in [5.41, 5.74) is 2.69. The van der Waals surface area contributed by atoms with E-state index in [0.717, 1.165) is 27.8 Å². The molecule has 0 fully saturated rings. The van der Waals surface area contributed by atoms with E-state index in [1.165, 1.54) is 18.2 Å². The van der Waals surface area contributed by atoms with Gasteiger partial charge in [-0.15, -0.1) is 0 Å². The van der Waals surface area contributed by atoms with Gasteiger partial charge in [0, 0.05) is 32.3 Å². The van der Waals surface area contributed by atoms with Gasteiger partial charge in [0.1, 0.15) is 0 Å². The fraction of sp³-hybridized carbons (Fsp3) is 0.138. The molecule has 0 aliphatic heterocycles. The molecule has 6 rings (SSSR count). The van der Waals surface area contributed by atoms with Gasteiger partial charge in [0.15, 0.2) is 5.78 Å². The van der Waals surface area contributed by atoms with E-state index in [1.54, 1.807) is 31.2 Å². The molecule has 0 heterocycles. The highest BCUT2D eigenvalue weighted by atomic mass is 35.5. The zero-order chi connectivity index (χ0) is 26.0. The lowest BCUT2D eigenvalue weighted by molar-refractivity contribution is -0.246. The monoisotopic (exact) mass is 526 g/mol. The standard InChI is InChI=1S/C15H10ClF3O.C14H9ClO/c1-8-6-9(16)7-12-13(8)10-4-2-3-5-11(10)14(12,20)15(17,18)19;1-8-6-9(15)7-12-13(8)10-4-2-3-5-11(10)14(12)16/h2-7,20H,1H3;2-7H,1H3. The molecule has 0 radical (unpaired) electrons. The normalized spacial score (nSPS) is 17.1. The van der Waals surface area contributed by atoms with Crippen LogP contribution in [0.5, 0.6) is 0 Å². The van der Waals surface area contributed by atoms with Crippen LogP contribution in [0.3, 0.4) is 0 Å². The number of ketones is 1. The zero-order valence-electron chi connectivity index (χ0n) is 19.2. The van der Waals surface area contributed by atoms with E-state index >= 15 is 0 Å². The third-order valence-electron chi connectivity index (χ3n) is 6.67. The van der Waals surface area contributed by atoms with Crippen LogP contribution >= 0.6 is 23.2 Å². The first-order chi connectivity index (χ1) is 16.9. The number of hydrogen-bond acceptors (Lipinski definition) is 2. The maximum absolute atomic E-state index is 13.5. The zero-order valence-corrected chi connectivity index (χ0v) is 20.7. The maximum atomic E-state index is 13.5. The first-order valence-electron chi connectivity index (χ1n) is 11.1. The number of carbonyl (C=O) groups excluding carboxylic acids is 1. The van der Waals surface area contributed by atoms with Gasteiger partial charge in [-0.2, -0.15) is 13.2 Å². The molecule has 1 atom stereocenters. The van der Waals surface area contributed by atoms with Gasteiger partial charge >= 0.3 is 6.18 Å². The Labute approximate surface area is 215 Å². The third-order valence-corrected chi connectivity index (χ3v) is 7.11. The SMILES string of the molecule is Cc1cc(Cl)cc2c1-c1ccccc1C2(O)C(F)(F)F.Cc1cc(Cl)cc2c1-c1ccccc1C2=O. The highest BCUT2D eigenvalue weighted by Crippen LogP contribution is 2.56. The Bertz CT molecular complexity index is 1560. The molecule has 36 heavy (non-hydrogen) atoms. The van der Waals surface area contributed by atoms with Crippen molar-refractivity contribution in [2.24, 2.45) is 0 Å². The summed E-state index contributed by atoms with van der Waals surface area (Å²) in [5, 5.41) is 11.2. The Morgan fingerprint density at radius 2 is 1.22 bits per heavy atom. The predicted molar refractivity (Wildman–Crippen MR) is 136 cm³/mol. The molecule has 0 amide bonds. The molecule has 4 aromatic rings. The molecule has 1 unspecified atom stereocenters. The molecule has 1 N–H and O–H groups in total. The van der Waals surface area contributed by atoms with Gasteiger partial charge in [0.05, 0.1) is 0 Å². The van der Waals surface area contributed by atoms with Gasteiger partial charge in [-0.1, -0.05) is 71.7 Å². The van der Waals surface area contributed by atoms with Crippen molar-refractivity contribution in [2.45, 2.75) is 25.6 Å². The highest BCUT2D eigenvalue weighted by molar-refractivity contribution is 6.32. The molecule has 182 valence electrons. The minimum absolute atomic E-state index is 0.0798. The van der Waals surface area contributed by atoms with Gasteiger partial charge in [-0.25, -0.2) is 0 Å². The van der Waals surface area contributed by atoms with Crippen LogP contribution in [-0.2, 0) is 5.60 Å². The van der Waals surface area contributed by atoms with Crippen LogP contribution in [0.2, 0.25) is 10.0 Å². The molecule has 0 saturated carbocycles. The van der Waals surface area contributed by atoms with Gasteiger partial charge < -0.3 is 5.11 Å². The molecule has 0 saturated heterocycles. The fourth-order valence-corrected chi connectivity index (χ4v) is 5.72. The van der Waals surface area contributed by atoms with Gasteiger partial charge in [0.2, 0.25) is 5.60 Å². The molecule has 2 aliphatic carbocycles. The Kier molecular flexibility index (Phi) is 5.79. The fourth-order valence-electron chi connectivity index (χ4n) is 5.18. The second kappa shape index (κ2) is 8.48. The van der Waals surface area contributed by atoms with Gasteiger partial charge in [-0.3, -0.25) is 4.79 Å². The third kappa shape index (κ3) is 3.57. The summed E-state index contributed by atoms with van der Waals surface area (Å²) in [6, 6.07) is 20.2. The smallest absolute Gasteiger partial charge is 0.372 e. The van der Waals surface area contributed by atoms with E-state index in [9.17, 15) is 23.1 Å². The van der Waals surface area contributed by atoms with Crippen LogP contribution in [0.25, 0.3) is 22.3 Å². The summed E-state index contributed by atoms with van der Waals surface area (Å²) in [7, 11) is 0. The number of benzene rings is 4. The molecule has 2 aliphatic rings. The summed E-state index contributed by atoms with van der Waals surface area (Å²) < 4.78 is 40.4. The lowest BCUT2D eigenvalue weighted by atomic mass is 9.90. The van der Waals surface area contributed by atoms with E-state index in [-0.39, 0.29) is 21.9 Å². The molecule has 4 aromatic carbocycles. The molecule has 7 heteroatoms. The predicted octanol–water partition coefficient (Wildman–Crippen LogP) is 8.29. The summed E-state index contributed by atoms with van der Waals surface area (Å²) in [5.74, 6) is 0.0798. The average Bonchev–Trinajstić information content (AvgIpc) is 3.25. The Hall–Kier alpha value is -3.12. The average molecular weight is 527 g/mol. The molecule has 2 nitrogen and oxygen atoms in total. The number of fused-ring (bicyclic) bond motifs is 6. The molecular weight excluding hydrogens is 508 g/mol. The van der Waals surface area contributed by atoms with Crippen molar-refractivity contribution in [2.75, 3.05) is 0 Å². The Morgan fingerprint density at radius 1 is 0.694 bits per heavy atom. The first-order valence-corrected chi connectivity index (χ1v) is 11.8. The van der Waals surface area contributed by atoms with Crippen molar-refractivity contribution in [3.8, 4) is 22.3 Å². The van der Waals surface area contributed by atoms with Crippen LogP contribution in [0, 0.1) is 13.8 Å². The van der Waals surface area contributed by atoms with E-state index in [2.05, 4.69) is 0 Å². The van der Waals surface area contributed by atoms with Crippen molar-refractivity contribution in [3.05, 3.63) is 116 Å². The largest absolute Gasteiger partial charge is 0.425 e. The highest BCUT2D eigenvalue weighted by Gasteiger charge is 2.61. The number of alkyl halides is 3. The van der Waals surface area contributed by atoms with E-state index in [1.807, 2.05) is 37.3 Å². The van der Waals surface area contributed by atoms with E-state index in [0.29, 0.717) is 21.7 Å². The number of halogens is 5. The maximum Gasteiger partial charge on any atom is 0.425 e. The second-order valence-corrected chi connectivity index (χ2v) is 9.79. The van der Waals surface area contributed by atoms with Crippen LogP contribution in [-0.4, -0.2) is 17.1 Å². The summed E-state index contributed by atoms with van der Waals surface area (Å²) in [4.78, 5) is 12.1. The first kappa shape index (κ1) is 24.6. The molecular formula is C29H19Cl2F3O2. The van der Waals surface area contributed by atoms with Crippen LogP contribution in [0.1, 0.15) is 38.2 Å². The van der Waals surface area contributed by atoms with E-state index < -0.39 is 11.8 Å². The van der Waals surface area contributed by atoms with Crippen LogP contribution < -0.4 is 0 Å². The van der Waals surface area contributed by atoms with Gasteiger partial charge in [0.25, 0.3) is 0 Å². The number of aliphatic hydroxyl groups is 1. The van der Waals surface area contributed by atoms with Crippen molar-refractivity contribution in [1.82, 2.24) is 0 Å². The lowest BCUT2D eigenvalue weighted by Gasteiger charge is -2.28. The molecule has 0 bridgehead atoms. The number of hydrogen-bond donors (Lipinski definition) is 1. The Morgan fingerprint density at radius 3 is 1.86 bits per heavy atom. The molecule has 0 aromatic heterocycles. The van der Waals surface area contributed by atoms with Crippen molar-refractivity contribution in [1.29, 1.82) is 0 Å². The number of rotatable bonds is 0. The molecule has 0 spiro atoms.